The van der Waals surface area contributed by atoms with Crippen molar-refractivity contribution in [2.24, 2.45) is 11.8 Å². The number of para-hydroxylation sites is 4. The Bertz CT molecular complexity index is 1220. The zero-order valence-electron chi connectivity index (χ0n) is 22.1. The van der Waals surface area contributed by atoms with Crippen LogP contribution in [0.5, 0.6) is 0 Å². The summed E-state index contributed by atoms with van der Waals surface area (Å²) in [6.07, 6.45) is 1.29. The van der Waals surface area contributed by atoms with Gasteiger partial charge < -0.3 is 17.3 Å². The van der Waals surface area contributed by atoms with Crippen LogP contribution in [-0.2, 0) is 17.0 Å². The second kappa shape index (κ2) is 11.9. The van der Waals surface area contributed by atoms with Gasteiger partial charge in [-0.1, -0.05) is 86.7 Å². The van der Waals surface area contributed by atoms with E-state index < -0.39 is 25.3 Å². The molecule has 2 nitrogen and oxygen atoms in total. The summed E-state index contributed by atoms with van der Waals surface area (Å²) in [6, 6.07) is 28.6. The van der Waals surface area contributed by atoms with Gasteiger partial charge in [-0.2, -0.15) is 0 Å². The topological polar surface area (TPSA) is 17.3 Å². The molecule has 0 aromatic heterocycles. The summed E-state index contributed by atoms with van der Waals surface area (Å²) in [5.74, 6) is 1.36. The standard InChI is InChI=1S/C29H31N2SSi.CH3.2ClH.Ti/c1-19-18-22-27(21-12-6-5-7-13-21)20(2)32-28(22)29(19)33(3,4)31-25-16-10-8-14-23(25)30-24-15-9-11-17-26(24)31;;;;/h5-17,19,22,28-29H,18H2,1-4H3;1H3;2*1H;/q2*-1;;;+2/p-2/t19-,22-,28+,29?;;;;/m1..../s1. The van der Waals surface area contributed by atoms with E-state index >= 15 is 0 Å². The molecule has 1 saturated carbocycles. The van der Waals surface area contributed by atoms with E-state index in [1.165, 1.54) is 28.3 Å². The normalized spacial score (nSPS) is 23.6. The molecule has 0 saturated heterocycles. The number of anilines is 2. The molecule has 0 N–H and O–H groups in total. The molecule has 37 heavy (non-hydrogen) atoms. The van der Waals surface area contributed by atoms with E-state index in [2.05, 4.69) is 122 Å². The number of halogens is 2. The average molecular weight is 602 g/mol. The molecule has 1 aliphatic carbocycles. The van der Waals surface area contributed by atoms with Gasteiger partial charge in [0.2, 0.25) is 0 Å². The van der Waals surface area contributed by atoms with Gasteiger partial charge in [-0.15, -0.1) is 23.1 Å². The van der Waals surface area contributed by atoms with E-state index in [9.17, 15) is 0 Å². The van der Waals surface area contributed by atoms with Crippen LogP contribution < -0.4 is 4.57 Å². The maximum atomic E-state index is 5.02. The van der Waals surface area contributed by atoms with Crippen LogP contribution in [0.15, 0.2) is 83.8 Å². The van der Waals surface area contributed by atoms with Crippen molar-refractivity contribution in [3.8, 4) is 0 Å². The van der Waals surface area contributed by atoms with Crippen molar-refractivity contribution < 1.29 is 17.0 Å². The Hall–Kier alpha value is -1.14. The first-order chi connectivity index (χ1) is 17.4. The van der Waals surface area contributed by atoms with Gasteiger partial charge in [-0.3, -0.25) is 0 Å². The number of rotatable bonds is 3. The Morgan fingerprint density at radius 1 is 0.892 bits per heavy atom. The number of benzene rings is 3. The molecule has 0 spiro atoms. The first-order valence-corrected chi connectivity index (χ1v) is 20.7. The van der Waals surface area contributed by atoms with Crippen molar-refractivity contribution in [1.29, 1.82) is 0 Å². The quantitative estimate of drug-likeness (QED) is 0.220. The molecule has 2 aliphatic heterocycles. The molecule has 4 atom stereocenters. The molecule has 3 aliphatic rings. The summed E-state index contributed by atoms with van der Waals surface area (Å²) < 4.78 is 2.74. The van der Waals surface area contributed by atoms with E-state index in [0.29, 0.717) is 22.6 Å². The molecule has 1 unspecified atom stereocenters. The van der Waals surface area contributed by atoms with Gasteiger partial charge in [0.1, 0.15) is 0 Å². The van der Waals surface area contributed by atoms with Crippen LogP contribution in [0.4, 0.5) is 22.7 Å². The van der Waals surface area contributed by atoms with E-state index in [-0.39, 0.29) is 7.43 Å². The predicted molar refractivity (Wildman–Crippen MR) is 165 cm³/mol. The fraction of sp³-hybridized carbons (Fsp3) is 0.300. The van der Waals surface area contributed by atoms with Crippen molar-refractivity contribution in [1.82, 2.24) is 0 Å². The van der Waals surface area contributed by atoms with Crippen molar-refractivity contribution in [2.45, 2.75) is 44.2 Å². The predicted octanol–water partition coefficient (Wildman–Crippen LogP) is 11.1. The summed E-state index contributed by atoms with van der Waals surface area (Å²) in [5.41, 5.74) is 8.53. The van der Waals surface area contributed by atoms with Gasteiger partial charge in [0.05, 0.1) is 0 Å². The molecule has 2 heterocycles. The molecule has 1 fully saturated rings. The third-order valence-electron chi connectivity index (χ3n) is 8.02. The van der Waals surface area contributed by atoms with Crippen LogP contribution in [0.1, 0.15) is 25.8 Å². The van der Waals surface area contributed by atoms with Gasteiger partial charge in [-0.05, 0) is 58.9 Å². The van der Waals surface area contributed by atoms with Crippen molar-refractivity contribution in [3.05, 3.63) is 102 Å². The Labute approximate surface area is 245 Å². The van der Waals surface area contributed by atoms with Gasteiger partial charge >= 0.3 is 35.6 Å². The summed E-state index contributed by atoms with van der Waals surface area (Å²) in [6.45, 7) is 10.1. The zero-order valence-corrected chi connectivity index (χ0v) is 27.0. The molecule has 194 valence electrons. The fourth-order valence-electron chi connectivity index (χ4n) is 6.88. The summed E-state index contributed by atoms with van der Waals surface area (Å²) in [7, 11) is 7.82. The number of hydrogen-bond acceptors (Lipinski definition) is 2. The van der Waals surface area contributed by atoms with Gasteiger partial charge in [0.15, 0.2) is 8.24 Å². The fourth-order valence-corrected chi connectivity index (χ4v) is 14.2. The van der Waals surface area contributed by atoms with Crippen LogP contribution in [0.2, 0.25) is 18.6 Å². The molecule has 3 aromatic carbocycles. The molecule has 0 bridgehead atoms. The second-order valence-electron chi connectivity index (χ2n) is 10.4. The maximum absolute atomic E-state index is 5.02. The minimum absolute atomic E-state index is 0. The Kier molecular flexibility index (Phi) is 9.31. The molecular weight excluding hydrogens is 567 g/mol. The van der Waals surface area contributed by atoms with Crippen molar-refractivity contribution in [2.75, 3.05) is 4.57 Å². The third-order valence-corrected chi connectivity index (χ3v) is 13.9. The Balaban J connectivity index is 0.000000765. The SMILES string of the molecule is CC1=C(c2ccccc2)[C@H]2C[C@@H](C)C([Si](C)(C)N3c4ccccc4[N-]c4ccccc43)[C@H]2S1.[CH3-].[Cl][Ti][Cl]. The van der Waals surface area contributed by atoms with Crippen LogP contribution in [0.25, 0.3) is 10.9 Å². The van der Waals surface area contributed by atoms with E-state index in [4.69, 9.17) is 23.9 Å². The average Bonchev–Trinajstić information content (AvgIpc) is 3.35. The second-order valence-corrected chi connectivity index (χ2v) is 18.8. The zero-order chi connectivity index (χ0) is 25.4. The molecule has 7 heteroatoms. The number of hydrogen-bond donors (Lipinski definition) is 0. The van der Waals surface area contributed by atoms with Crippen molar-refractivity contribution >= 4 is 66.9 Å². The van der Waals surface area contributed by atoms with E-state index in [1.54, 1.807) is 5.57 Å². The molecule has 6 rings (SSSR count). The molecule has 3 aromatic rings. The summed E-state index contributed by atoms with van der Waals surface area (Å²) >= 11 is 1.61. The molecule has 0 amide bonds. The first kappa shape index (κ1) is 28.9. The number of nitrogens with zero attached hydrogens (tertiary/aromatic N) is 2. The van der Waals surface area contributed by atoms with Gasteiger partial charge in [0, 0.05) is 16.6 Å². The van der Waals surface area contributed by atoms with Crippen LogP contribution in [0, 0.1) is 19.3 Å². The minimum atomic E-state index is -1.96. The summed E-state index contributed by atoms with van der Waals surface area (Å²) in [5, 5.41) is 5.68. The first-order valence-electron chi connectivity index (χ1n) is 12.5. The van der Waals surface area contributed by atoms with Crippen molar-refractivity contribution in [3.63, 3.8) is 0 Å². The Morgan fingerprint density at radius 2 is 1.41 bits per heavy atom. The van der Waals surface area contributed by atoms with Crippen LogP contribution >= 0.6 is 30.4 Å². The van der Waals surface area contributed by atoms with E-state index in [0.717, 1.165) is 11.4 Å². The van der Waals surface area contributed by atoms with Crippen LogP contribution in [0.3, 0.4) is 0 Å². The van der Waals surface area contributed by atoms with Gasteiger partial charge in [0.25, 0.3) is 0 Å². The Morgan fingerprint density at radius 3 is 1.97 bits per heavy atom. The molecule has 0 radical (unpaired) electrons. The monoisotopic (exact) mass is 600 g/mol. The molecular formula is C30H34Cl2N2SSiTi-2. The van der Waals surface area contributed by atoms with Crippen LogP contribution in [-0.4, -0.2) is 13.5 Å². The number of fused-ring (bicyclic) bond motifs is 3. The number of thioether (sulfide) groups is 1. The third kappa shape index (κ3) is 5.23. The number of allylic oxidation sites excluding steroid dienone is 2. The van der Waals surface area contributed by atoms with Gasteiger partial charge in [-0.25, -0.2) is 0 Å². The summed E-state index contributed by atoms with van der Waals surface area (Å²) in [4.78, 5) is 1.53. The van der Waals surface area contributed by atoms with E-state index in [1.807, 2.05) is 0 Å².